The number of esters is 1. The predicted octanol–water partition coefficient (Wildman–Crippen LogP) is 5.40. The molecular formula is C26H35NO3. The summed E-state index contributed by atoms with van der Waals surface area (Å²) < 4.78 is 4.98. The Hall–Kier alpha value is -2.62. The molecule has 0 aliphatic rings. The lowest BCUT2D eigenvalue weighted by molar-refractivity contribution is -0.145. The highest BCUT2D eigenvalue weighted by Gasteiger charge is 2.39. The molecule has 0 aliphatic carbocycles. The lowest BCUT2D eigenvalue weighted by Gasteiger charge is -2.31. The Bertz CT molecular complexity index is 734. The first-order chi connectivity index (χ1) is 14.5. The first-order valence-corrected chi connectivity index (χ1v) is 11.0. The number of rotatable bonds is 12. The van der Waals surface area contributed by atoms with E-state index in [2.05, 4.69) is 12.2 Å². The van der Waals surface area contributed by atoms with Crippen LogP contribution in [0, 0.1) is 0 Å². The van der Waals surface area contributed by atoms with Gasteiger partial charge >= 0.3 is 5.97 Å². The van der Waals surface area contributed by atoms with Crippen LogP contribution in [0.3, 0.4) is 0 Å². The van der Waals surface area contributed by atoms with Gasteiger partial charge in [0.25, 0.3) is 0 Å². The van der Waals surface area contributed by atoms with Gasteiger partial charge in [-0.15, -0.1) is 0 Å². The Labute approximate surface area is 181 Å². The fourth-order valence-corrected chi connectivity index (χ4v) is 3.79. The van der Waals surface area contributed by atoms with Crippen molar-refractivity contribution in [3.05, 3.63) is 71.8 Å². The van der Waals surface area contributed by atoms with E-state index in [1.165, 1.54) is 26.4 Å². The summed E-state index contributed by atoms with van der Waals surface area (Å²) >= 11 is 0. The van der Waals surface area contributed by atoms with Crippen LogP contribution in [0.15, 0.2) is 60.7 Å². The predicted molar refractivity (Wildman–Crippen MR) is 121 cm³/mol. The molecular weight excluding hydrogens is 374 g/mol. The Morgan fingerprint density at radius 2 is 1.37 bits per heavy atom. The molecule has 1 atom stereocenters. The standard InChI is InChI=1S/C26H35NO3/c1-4-5-6-7-8-15-20-23(24(28)30-3)27-25(29)26(2,21-16-11-9-12-17-21)22-18-13-10-14-19-22/h9-14,16-19,23H,4-8,15,20H2,1-3H3,(H,27,29)/t23-/m1/s1. The maximum absolute atomic E-state index is 13.6. The normalized spacial score (nSPS) is 12.2. The quantitative estimate of drug-likeness (QED) is 0.377. The first-order valence-electron chi connectivity index (χ1n) is 11.0. The Balaban J connectivity index is 2.18. The van der Waals surface area contributed by atoms with Gasteiger partial charge in [0.15, 0.2) is 0 Å². The number of carbonyl (C=O) groups excluding carboxylic acids is 2. The van der Waals surface area contributed by atoms with Crippen LogP contribution >= 0.6 is 0 Å². The molecule has 1 amide bonds. The van der Waals surface area contributed by atoms with Crippen LogP contribution < -0.4 is 5.32 Å². The smallest absolute Gasteiger partial charge is 0.328 e. The number of benzene rings is 2. The van der Waals surface area contributed by atoms with Crippen molar-refractivity contribution in [3.63, 3.8) is 0 Å². The summed E-state index contributed by atoms with van der Waals surface area (Å²) in [7, 11) is 1.37. The van der Waals surface area contributed by atoms with E-state index in [-0.39, 0.29) is 11.9 Å². The molecule has 2 aromatic rings. The van der Waals surface area contributed by atoms with Gasteiger partial charge in [-0.3, -0.25) is 4.79 Å². The summed E-state index contributed by atoms with van der Waals surface area (Å²) in [5.74, 6) is -0.582. The van der Waals surface area contributed by atoms with E-state index in [1.807, 2.05) is 67.6 Å². The zero-order valence-corrected chi connectivity index (χ0v) is 18.5. The molecule has 0 unspecified atom stereocenters. The molecule has 30 heavy (non-hydrogen) atoms. The van der Waals surface area contributed by atoms with Gasteiger partial charge in [0.05, 0.1) is 12.5 Å². The highest BCUT2D eigenvalue weighted by molar-refractivity contribution is 5.94. The number of hydrogen-bond acceptors (Lipinski definition) is 3. The largest absolute Gasteiger partial charge is 0.467 e. The van der Waals surface area contributed by atoms with Crippen molar-refractivity contribution >= 4 is 11.9 Å². The molecule has 0 saturated carbocycles. The third-order valence-electron chi connectivity index (χ3n) is 5.79. The minimum Gasteiger partial charge on any atom is -0.467 e. The molecule has 162 valence electrons. The summed E-state index contributed by atoms with van der Waals surface area (Å²) in [6.45, 7) is 4.10. The molecule has 2 aromatic carbocycles. The zero-order valence-electron chi connectivity index (χ0n) is 18.5. The zero-order chi connectivity index (χ0) is 21.8. The third-order valence-corrected chi connectivity index (χ3v) is 5.79. The molecule has 0 fully saturated rings. The minimum atomic E-state index is -0.907. The van der Waals surface area contributed by atoms with Crippen molar-refractivity contribution in [2.45, 2.75) is 70.3 Å². The van der Waals surface area contributed by atoms with Crippen LogP contribution in [0.1, 0.15) is 69.9 Å². The van der Waals surface area contributed by atoms with Crippen LogP contribution in [0.5, 0.6) is 0 Å². The third kappa shape index (κ3) is 6.19. The van der Waals surface area contributed by atoms with Gasteiger partial charge < -0.3 is 10.1 Å². The van der Waals surface area contributed by atoms with E-state index in [1.54, 1.807) is 0 Å². The first kappa shape index (κ1) is 23.7. The van der Waals surface area contributed by atoms with E-state index >= 15 is 0 Å². The van der Waals surface area contributed by atoms with Crippen LogP contribution in [0.2, 0.25) is 0 Å². The number of carbonyl (C=O) groups is 2. The molecule has 4 nitrogen and oxygen atoms in total. The van der Waals surface area contributed by atoms with Crippen LogP contribution in [-0.4, -0.2) is 25.0 Å². The van der Waals surface area contributed by atoms with E-state index in [4.69, 9.17) is 4.74 Å². The SMILES string of the molecule is CCCCCCCC[C@@H](NC(=O)C(C)(c1ccccc1)c1ccccc1)C(=O)OC. The lowest BCUT2D eigenvalue weighted by Crippen LogP contribution is -2.50. The van der Waals surface area contributed by atoms with Gasteiger partial charge in [-0.05, 0) is 24.5 Å². The Morgan fingerprint density at radius 3 is 1.87 bits per heavy atom. The van der Waals surface area contributed by atoms with Gasteiger partial charge in [0.1, 0.15) is 6.04 Å². The fourth-order valence-electron chi connectivity index (χ4n) is 3.79. The van der Waals surface area contributed by atoms with E-state index < -0.39 is 11.5 Å². The van der Waals surface area contributed by atoms with Crippen molar-refractivity contribution in [2.75, 3.05) is 7.11 Å². The number of ether oxygens (including phenoxy) is 1. The lowest BCUT2D eigenvalue weighted by atomic mass is 9.75. The molecule has 0 heterocycles. The van der Waals surface area contributed by atoms with Gasteiger partial charge in [0.2, 0.25) is 5.91 Å². The van der Waals surface area contributed by atoms with Crippen molar-refractivity contribution in [2.24, 2.45) is 0 Å². The van der Waals surface area contributed by atoms with Crippen LogP contribution in [0.4, 0.5) is 0 Å². The molecule has 0 spiro atoms. The number of nitrogens with one attached hydrogen (secondary N) is 1. The summed E-state index contributed by atoms with van der Waals surface area (Å²) in [4.78, 5) is 25.9. The maximum Gasteiger partial charge on any atom is 0.328 e. The van der Waals surface area contributed by atoms with E-state index in [0.29, 0.717) is 6.42 Å². The van der Waals surface area contributed by atoms with Crippen molar-refractivity contribution in [1.29, 1.82) is 0 Å². The van der Waals surface area contributed by atoms with Crippen molar-refractivity contribution < 1.29 is 14.3 Å². The van der Waals surface area contributed by atoms with Crippen molar-refractivity contribution in [3.8, 4) is 0 Å². The highest BCUT2D eigenvalue weighted by atomic mass is 16.5. The summed E-state index contributed by atoms with van der Waals surface area (Å²) in [6, 6.07) is 18.7. The minimum absolute atomic E-state index is 0.193. The second-order valence-corrected chi connectivity index (χ2v) is 7.96. The monoisotopic (exact) mass is 409 g/mol. The molecule has 1 N–H and O–H groups in total. The average Bonchev–Trinajstić information content (AvgIpc) is 2.80. The van der Waals surface area contributed by atoms with Gasteiger partial charge in [-0.2, -0.15) is 0 Å². The molecule has 4 heteroatoms. The Morgan fingerprint density at radius 1 is 0.867 bits per heavy atom. The van der Waals surface area contributed by atoms with Gasteiger partial charge in [-0.25, -0.2) is 4.79 Å². The van der Waals surface area contributed by atoms with Crippen LogP contribution in [-0.2, 0) is 19.7 Å². The van der Waals surface area contributed by atoms with E-state index in [9.17, 15) is 9.59 Å². The second-order valence-electron chi connectivity index (χ2n) is 7.96. The van der Waals surface area contributed by atoms with Gasteiger partial charge in [0, 0.05) is 0 Å². The Kier molecular flexibility index (Phi) is 9.59. The second kappa shape index (κ2) is 12.2. The highest BCUT2D eigenvalue weighted by Crippen LogP contribution is 2.32. The molecule has 2 rings (SSSR count). The topological polar surface area (TPSA) is 55.4 Å². The molecule has 0 saturated heterocycles. The van der Waals surface area contributed by atoms with Crippen molar-refractivity contribution in [1.82, 2.24) is 5.32 Å². The summed E-state index contributed by atoms with van der Waals surface area (Å²) in [5, 5.41) is 2.99. The molecule has 0 bridgehead atoms. The number of methoxy groups -OCH3 is 1. The summed E-state index contributed by atoms with van der Waals surface area (Å²) in [5.41, 5.74) is 0.865. The number of amides is 1. The van der Waals surface area contributed by atoms with Gasteiger partial charge in [-0.1, -0.05) is 106 Å². The fraction of sp³-hybridized carbons (Fsp3) is 0.462. The molecule has 0 aromatic heterocycles. The van der Waals surface area contributed by atoms with Crippen LogP contribution in [0.25, 0.3) is 0 Å². The number of hydrogen-bond donors (Lipinski definition) is 1. The average molecular weight is 410 g/mol. The molecule has 0 aliphatic heterocycles. The maximum atomic E-state index is 13.6. The van der Waals surface area contributed by atoms with E-state index in [0.717, 1.165) is 30.4 Å². The molecule has 0 radical (unpaired) electrons. The number of unbranched alkanes of at least 4 members (excludes halogenated alkanes) is 5. The summed E-state index contributed by atoms with van der Waals surface area (Å²) in [6.07, 6.45) is 7.34.